The maximum atomic E-state index is 5.87. The number of pyridine rings is 1. The maximum Gasteiger partial charge on any atom is 0.223 e. The number of fused-ring (bicyclic) bond motifs is 3. The van der Waals surface area contributed by atoms with Gasteiger partial charge in [0.05, 0.1) is 11.6 Å². The van der Waals surface area contributed by atoms with Crippen molar-refractivity contribution in [1.82, 2.24) is 9.97 Å². The lowest BCUT2D eigenvalue weighted by atomic mass is 10.1. The predicted molar refractivity (Wildman–Crippen MR) is 85.8 cm³/mol. The minimum absolute atomic E-state index is 0.717. The molecule has 0 saturated carbocycles. The summed E-state index contributed by atoms with van der Waals surface area (Å²) in [7, 11) is 0. The van der Waals surface area contributed by atoms with Crippen LogP contribution in [0.25, 0.3) is 21.8 Å². The zero-order valence-corrected chi connectivity index (χ0v) is 12.6. The Morgan fingerprint density at radius 1 is 1.20 bits per heavy atom. The Morgan fingerprint density at radius 3 is 2.75 bits per heavy atom. The van der Waals surface area contributed by atoms with Crippen LogP contribution < -0.4 is 4.74 Å². The Balaban J connectivity index is 2.16. The largest absolute Gasteiger partial charge is 0.477 e. The van der Waals surface area contributed by atoms with Gasteiger partial charge < -0.3 is 9.72 Å². The number of hydrogen-bond donors (Lipinski definition) is 1. The summed E-state index contributed by atoms with van der Waals surface area (Å²) in [6.07, 6.45) is 4.24. The summed E-state index contributed by atoms with van der Waals surface area (Å²) in [5.41, 5.74) is 0.902. The first kappa shape index (κ1) is 13.3. The van der Waals surface area contributed by atoms with Gasteiger partial charge in [-0.15, -0.1) is 11.8 Å². The highest BCUT2D eigenvalue weighted by Gasteiger charge is 2.11. The number of aromatic amines is 1. The van der Waals surface area contributed by atoms with Crippen molar-refractivity contribution in [3.8, 4) is 5.88 Å². The highest BCUT2D eigenvalue weighted by Crippen LogP contribution is 2.32. The molecule has 0 spiro atoms. The molecule has 4 heteroatoms. The number of hydrogen-bond acceptors (Lipinski definition) is 3. The number of benzene rings is 1. The third kappa shape index (κ3) is 2.36. The third-order valence-corrected chi connectivity index (χ3v) is 4.05. The van der Waals surface area contributed by atoms with E-state index in [1.54, 1.807) is 11.8 Å². The van der Waals surface area contributed by atoms with E-state index in [0.717, 1.165) is 46.8 Å². The van der Waals surface area contributed by atoms with Gasteiger partial charge in [-0.25, -0.2) is 0 Å². The molecule has 0 aliphatic carbocycles. The van der Waals surface area contributed by atoms with Crippen molar-refractivity contribution in [1.29, 1.82) is 0 Å². The topological polar surface area (TPSA) is 37.9 Å². The average molecular weight is 286 g/mol. The first-order chi connectivity index (χ1) is 9.83. The van der Waals surface area contributed by atoms with Gasteiger partial charge in [0.1, 0.15) is 5.65 Å². The quantitative estimate of drug-likeness (QED) is 0.549. The van der Waals surface area contributed by atoms with Gasteiger partial charge in [0.25, 0.3) is 0 Å². The molecule has 2 heterocycles. The van der Waals surface area contributed by atoms with Gasteiger partial charge in [-0.2, -0.15) is 4.98 Å². The summed E-state index contributed by atoms with van der Waals surface area (Å²) in [5.74, 6) is 0.732. The summed E-state index contributed by atoms with van der Waals surface area (Å²) in [4.78, 5) is 7.99. The van der Waals surface area contributed by atoms with Gasteiger partial charge in [0.15, 0.2) is 0 Å². The van der Waals surface area contributed by atoms with Crippen molar-refractivity contribution in [2.45, 2.75) is 24.8 Å². The van der Waals surface area contributed by atoms with Crippen molar-refractivity contribution in [2.75, 3.05) is 12.9 Å². The molecule has 0 fully saturated rings. The second-order valence-electron chi connectivity index (χ2n) is 4.76. The molecule has 0 radical (unpaired) electrons. The summed E-state index contributed by atoms with van der Waals surface area (Å²) in [6, 6.07) is 10.5. The molecule has 104 valence electrons. The van der Waals surface area contributed by atoms with Crippen LogP contribution in [-0.4, -0.2) is 22.8 Å². The van der Waals surface area contributed by atoms with Crippen LogP contribution in [0.5, 0.6) is 5.88 Å². The van der Waals surface area contributed by atoms with Crippen LogP contribution in [0.15, 0.2) is 35.4 Å². The molecule has 2 aromatic heterocycles. The Labute approximate surface area is 122 Å². The molecule has 3 aromatic rings. The summed E-state index contributed by atoms with van der Waals surface area (Å²) in [6.45, 7) is 2.88. The standard InChI is InChI=1S/C16H18N2OS/c1-3-4-9-19-16-12-8-6-5-7-11(12)13-10-14(20-2)17-15(13)18-16/h5-8,10H,3-4,9H2,1-2H3,(H,17,18). The minimum atomic E-state index is 0.717. The smallest absolute Gasteiger partial charge is 0.223 e. The highest BCUT2D eigenvalue weighted by molar-refractivity contribution is 7.98. The van der Waals surface area contributed by atoms with Gasteiger partial charge >= 0.3 is 0 Å². The number of nitrogens with zero attached hydrogens (tertiary/aromatic N) is 1. The normalized spacial score (nSPS) is 11.3. The van der Waals surface area contributed by atoms with Crippen molar-refractivity contribution >= 4 is 33.6 Å². The molecule has 0 bridgehead atoms. The summed E-state index contributed by atoms with van der Waals surface area (Å²) < 4.78 is 5.87. The third-order valence-electron chi connectivity index (χ3n) is 3.39. The second kappa shape index (κ2) is 5.75. The number of H-pyrrole nitrogens is 1. The Kier molecular flexibility index (Phi) is 3.83. The Hall–Kier alpha value is -1.68. The molecule has 1 aromatic carbocycles. The van der Waals surface area contributed by atoms with E-state index >= 15 is 0 Å². The lowest BCUT2D eigenvalue weighted by molar-refractivity contribution is 0.302. The highest BCUT2D eigenvalue weighted by atomic mass is 32.2. The van der Waals surface area contributed by atoms with Crippen LogP contribution in [0, 0.1) is 0 Å². The van der Waals surface area contributed by atoms with E-state index in [-0.39, 0.29) is 0 Å². The number of unbranched alkanes of at least 4 members (excludes halogenated alkanes) is 1. The molecule has 3 nitrogen and oxygen atoms in total. The van der Waals surface area contributed by atoms with E-state index in [1.807, 2.05) is 6.07 Å². The van der Waals surface area contributed by atoms with Gasteiger partial charge in [0.2, 0.25) is 5.88 Å². The van der Waals surface area contributed by atoms with Gasteiger partial charge in [-0.05, 0) is 30.2 Å². The predicted octanol–water partition coefficient (Wildman–Crippen LogP) is 4.62. The molecule has 3 rings (SSSR count). The zero-order valence-electron chi connectivity index (χ0n) is 11.8. The molecule has 20 heavy (non-hydrogen) atoms. The molecule has 0 atom stereocenters. The van der Waals surface area contributed by atoms with E-state index in [2.05, 4.69) is 47.4 Å². The van der Waals surface area contributed by atoms with Crippen LogP contribution >= 0.6 is 11.8 Å². The van der Waals surface area contributed by atoms with Crippen LogP contribution in [0.2, 0.25) is 0 Å². The van der Waals surface area contributed by atoms with Crippen molar-refractivity contribution in [3.05, 3.63) is 30.3 Å². The molecule has 0 aliphatic heterocycles. The van der Waals surface area contributed by atoms with E-state index in [9.17, 15) is 0 Å². The lowest BCUT2D eigenvalue weighted by Gasteiger charge is -2.08. The molecule has 0 aliphatic rings. The van der Waals surface area contributed by atoms with Crippen LogP contribution in [0.1, 0.15) is 19.8 Å². The molecule has 0 unspecified atom stereocenters. The van der Waals surface area contributed by atoms with Gasteiger partial charge in [0, 0.05) is 10.8 Å². The van der Waals surface area contributed by atoms with E-state index < -0.39 is 0 Å². The van der Waals surface area contributed by atoms with Crippen LogP contribution in [0.3, 0.4) is 0 Å². The molecule has 1 N–H and O–H groups in total. The first-order valence-electron chi connectivity index (χ1n) is 6.91. The number of aromatic nitrogens is 2. The van der Waals surface area contributed by atoms with Crippen LogP contribution in [0.4, 0.5) is 0 Å². The fraction of sp³-hybridized carbons (Fsp3) is 0.312. The monoisotopic (exact) mass is 286 g/mol. The molecular weight excluding hydrogens is 268 g/mol. The van der Waals surface area contributed by atoms with E-state index in [4.69, 9.17) is 4.74 Å². The van der Waals surface area contributed by atoms with Crippen molar-refractivity contribution in [3.63, 3.8) is 0 Å². The summed E-state index contributed by atoms with van der Waals surface area (Å²) in [5, 5.41) is 4.57. The SMILES string of the molecule is CCCCOc1nc2[nH]c(SC)cc2c2ccccc12. The number of rotatable bonds is 5. The second-order valence-corrected chi connectivity index (χ2v) is 5.61. The average Bonchev–Trinajstić information content (AvgIpc) is 2.91. The fourth-order valence-electron chi connectivity index (χ4n) is 2.31. The van der Waals surface area contributed by atoms with Gasteiger partial charge in [-0.1, -0.05) is 31.5 Å². The Bertz CT molecular complexity index is 736. The van der Waals surface area contributed by atoms with E-state index in [0.29, 0.717) is 0 Å². The number of ether oxygens (including phenoxy) is 1. The molecular formula is C16H18N2OS. The van der Waals surface area contributed by atoms with Crippen LogP contribution in [-0.2, 0) is 0 Å². The maximum absolute atomic E-state index is 5.87. The lowest BCUT2D eigenvalue weighted by Crippen LogP contribution is -1.99. The van der Waals surface area contributed by atoms with Crippen molar-refractivity contribution in [2.24, 2.45) is 0 Å². The molecule has 0 amide bonds. The van der Waals surface area contributed by atoms with Gasteiger partial charge in [-0.3, -0.25) is 0 Å². The fourth-order valence-corrected chi connectivity index (χ4v) is 2.75. The van der Waals surface area contributed by atoms with Crippen molar-refractivity contribution < 1.29 is 4.74 Å². The zero-order chi connectivity index (χ0) is 13.9. The van der Waals surface area contributed by atoms with E-state index in [1.165, 1.54) is 5.39 Å². The number of thioether (sulfide) groups is 1. The Morgan fingerprint density at radius 2 is 2.00 bits per heavy atom. The number of nitrogens with one attached hydrogen (secondary N) is 1. The first-order valence-corrected chi connectivity index (χ1v) is 8.14. The summed E-state index contributed by atoms with van der Waals surface area (Å²) >= 11 is 1.69. The minimum Gasteiger partial charge on any atom is -0.477 e. The molecule has 0 saturated heterocycles.